The number of hydrogen-bond acceptors (Lipinski definition) is 4. The molecule has 28 heavy (non-hydrogen) atoms. The molecule has 3 amide bonds. The van der Waals surface area contributed by atoms with Crippen LogP contribution < -0.4 is 16.0 Å². The minimum absolute atomic E-state index is 0.446. The van der Waals surface area contributed by atoms with E-state index in [1.807, 2.05) is 25.1 Å². The number of benzene rings is 2. The molecule has 0 radical (unpaired) electrons. The lowest BCUT2D eigenvalue weighted by Crippen LogP contribution is -2.44. The fraction of sp³-hybridized carbons (Fsp3) is 0.286. The zero-order chi connectivity index (χ0) is 20.5. The number of nitrogens with one attached hydrogen (secondary N) is 3. The lowest BCUT2D eigenvalue weighted by Gasteiger charge is -2.18. The third-order valence-electron chi connectivity index (χ3n) is 4.02. The number of aryl methyl sites for hydroxylation is 1. The Kier molecular flexibility index (Phi) is 7.56. The van der Waals surface area contributed by atoms with Gasteiger partial charge in [0.05, 0.1) is 0 Å². The SMILES string of the molecule is CCc1ccc(NC(=O)[C@H](C)OC(=O)[C@H](C)NC(=O)Nc2ccccc2)cc1. The van der Waals surface area contributed by atoms with Crippen LogP contribution in [-0.4, -0.2) is 30.1 Å². The molecule has 3 N–H and O–H groups in total. The minimum Gasteiger partial charge on any atom is -0.451 e. The van der Waals surface area contributed by atoms with Crippen molar-refractivity contribution in [3.05, 3.63) is 60.2 Å². The number of carbonyl (C=O) groups excluding carboxylic acids is 3. The largest absolute Gasteiger partial charge is 0.451 e. The second kappa shape index (κ2) is 10.1. The van der Waals surface area contributed by atoms with Crippen molar-refractivity contribution in [3.63, 3.8) is 0 Å². The quantitative estimate of drug-likeness (QED) is 0.639. The van der Waals surface area contributed by atoms with E-state index in [0.29, 0.717) is 11.4 Å². The first kappa shape index (κ1) is 21.0. The highest BCUT2D eigenvalue weighted by atomic mass is 16.5. The van der Waals surface area contributed by atoms with Crippen LogP contribution >= 0.6 is 0 Å². The minimum atomic E-state index is -1.00. The molecule has 0 bridgehead atoms. The molecule has 0 aromatic heterocycles. The molecule has 0 heterocycles. The Labute approximate surface area is 164 Å². The van der Waals surface area contributed by atoms with Gasteiger partial charge in [0, 0.05) is 11.4 Å². The van der Waals surface area contributed by atoms with Gasteiger partial charge in [-0.3, -0.25) is 4.79 Å². The van der Waals surface area contributed by atoms with Crippen molar-refractivity contribution in [1.29, 1.82) is 0 Å². The predicted octanol–water partition coefficient (Wildman–Crippen LogP) is 3.33. The van der Waals surface area contributed by atoms with Gasteiger partial charge >= 0.3 is 12.0 Å². The van der Waals surface area contributed by atoms with Crippen molar-refractivity contribution < 1.29 is 19.1 Å². The van der Waals surface area contributed by atoms with Gasteiger partial charge in [0.1, 0.15) is 6.04 Å². The summed E-state index contributed by atoms with van der Waals surface area (Å²) in [6.45, 7) is 5.01. The molecule has 2 aromatic carbocycles. The summed E-state index contributed by atoms with van der Waals surface area (Å²) >= 11 is 0. The second-order valence-corrected chi connectivity index (χ2v) is 6.31. The smallest absolute Gasteiger partial charge is 0.329 e. The molecule has 0 saturated carbocycles. The number of urea groups is 1. The molecule has 0 aliphatic heterocycles. The lowest BCUT2D eigenvalue weighted by atomic mass is 10.1. The summed E-state index contributed by atoms with van der Waals surface area (Å²) in [5.41, 5.74) is 2.38. The van der Waals surface area contributed by atoms with Gasteiger partial charge in [-0.15, -0.1) is 0 Å². The van der Waals surface area contributed by atoms with Gasteiger partial charge in [0.25, 0.3) is 5.91 Å². The van der Waals surface area contributed by atoms with Crippen molar-refractivity contribution in [2.45, 2.75) is 39.3 Å². The molecule has 7 heteroatoms. The summed E-state index contributed by atoms with van der Waals surface area (Å²) in [5.74, 6) is -1.15. The highest BCUT2D eigenvalue weighted by Gasteiger charge is 2.23. The summed E-state index contributed by atoms with van der Waals surface area (Å²) in [5, 5.41) is 7.78. The molecule has 7 nitrogen and oxygen atoms in total. The van der Waals surface area contributed by atoms with Crippen molar-refractivity contribution in [1.82, 2.24) is 5.32 Å². The average molecular weight is 383 g/mol. The van der Waals surface area contributed by atoms with Gasteiger partial charge in [-0.1, -0.05) is 37.3 Å². The maximum atomic E-state index is 12.2. The van der Waals surface area contributed by atoms with E-state index >= 15 is 0 Å². The molecule has 0 aliphatic rings. The lowest BCUT2D eigenvalue weighted by molar-refractivity contribution is -0.154. The van der Waals surface area contributed by atoms with E-state index in [2.05, 4.69) is 16.0 Å². The third-order valence-corrected chi connectivity index (χ3v) is 4.02. The number of rotatable bonds is 7. The van der Waals surface area contributed by atoms with E-state index in [4.69, 9.17) is 4.74 Å². The molecule has 0 unspecified atom stereocenters. The Morgan fingerprint density at radius 1 is 0.893 bits per heavy atom. The Hall–Kier alpha value is -3.35. The van der Waals surface area contributed by atoms with E-state index in [1.165, 1.54) is 13.8 Å². The summed E-state index contributed by atoms with van der Waals surface area (Å²) in [6.07, 6.45) is -0.0925. The zero-order valence-corrected chi connectivity index (χ0v) is 16.2. The monoisotopic (exact) mass is 383 g/mol. The molecule has 2 rings (SSSR count). The molecular formula is C21H25N3O4. The highest BCUT2D eigenvalue weighted by Crippen LogP contribution is 2.11. The van der Waals surface area contributed by atoms with Crippen LogP contribution in [0.4, 0.5) is 16.2 Å². The van der Waals surface area contributed by atoms with Crippen LogP contribution in [0, 0.1) is 0 Å². The molecule has 0 spiro atoms. The average Bonchev–Trinajstić information content (AvgIpc) is 2.69. The van der Waals surface area contributed by atoms with Crippen LogP contribution in [0.3, 0.4) is 0 Å². The van der Waals surface area contributed by atoms with Crippen LogP contribution in [0.2, 0.25) is 0 Å². The number of ether oxygens (including phenoxy) is 1. The fourth-order valence-electron chi connectivity index (χ4n) is 2.34. The Morgan fingerprint density at radius 2 is 1.50 bits per heavy atom. The number of anilines is 2. The zero-order valence-electron chi connectivity index (χ0n) is 16.2. The maximum absolute atomic E-state index is 12.2. The number of esters is 1. The summed E-state index contributed by atoms with van der Waals surface area (Å²) in [6, 6.07) is 14.8. The van der Waals surface area contributed by atoms with Crippen molar-refractivity contribution in [3.8, 4) is 0 Å². The normalized spacial score (nSPS) is 12.4. The van der Waals surface area contributed by atoms with E-state index in [9.17, 15) is 14.4 Å². The summed E-state index contributed by atoms with van der Waals surface area (Å²) < 4.78 is 5.15. The first-order valence-corrected chi connectivity index (χ1v) is 9.12. The number of para-hydroxylation sites is 1. The molecular weight excluding hydrogens is 358 g/mol. The van der Waals surface area contributed by atoms with E-state index < -0.39 is 30.1 Å². The molecule has 2 aromatic rings. The topological polar surface area (TPSA) is 96.5 Å². The first-order chi connectivity index (χ1) is 13.4. The van der Waals surface area contributed by atoms with Crippen molar-refractivity contribution >= 4 is 29.3 Å². The number of carbonyl (C=O) groups is 3. The van der Waals surface area contributed by atoms with Gasteiger partial charge in [0.15, 0.2) is 6.10 Å². The second-order valence-electron chi connectivity index (χ2n) is 6.31. The standard InChI is InChI=1S/C21H25N3O4/c1-4-16-10-12-18(13-11-16)23-19(25)15(3)28-20(26)14(2)22-21(27)24-17-8-6-5-7-9-17/h5-15H,4H2,1-3H3,(H,23,25)(H2,22,24,27)/t14-,15-/m0/s1. The van der Waals surface area contributed by atoms with Gasteiger partial charge in [-0.05, 0) is 50.1 Å². The van der Waals surface area contributed by atoms with Crippen LogP contribution in [-0.2, 0) is 20.7 Å². The van der Waals surface area contributed by atoms with Gasteiger partial charge in [-0.25, -0.2) is 9.59 Å². The van der Waals surface area contributed by atoms with Crippen LogP contribution in [0.15, 0.2) is 54.6 Å². The van der Waals surface area contributed by atoms with Gasteiger partial charge < -0.3 is 20.7 Å². The van der Waals surface area contributed by atoms with E-state index in [-0.39, 0.29) is 0 Å². The molecule has 2 atom stereocenters. The summed E-state index contributed by atoms with van der Waals surface area (Å²) in [4.78, 5) is 36.3. The third kappa shape index (κ3) is 6.42. The highest BCUT2D eigenvalue weighted by molar-refractivity contribution is 5.96. The van der Waals surface area contributed by atoms with Gasteiger partial charge in [0.2, 0.25) is 0 Å². The molecule has 0 fully saturated rings. The van der Waals surface area contributed by atoms with Crippen molar-refractivity contribution in [2.75, 3.05) is 10.6 Å². The Morgan fingerprint density at radius 3 is 2.11 bits per heavy atom. The predicted molar refractivity (Wildman–Crippen MR) is 108 cm³/mol. The van der Waals surface area contributed by atoms with Crippen LogP contribution in [0.5, 0.6) is 0 Å². The molecule has 0 saturated heterocycles. The van der Waals surface area contributed by atoms with E-state index in [1.54, 1.807) is 36.4 Å². The Balaban J connectivity index is 1.80. The van der Waals surface area contributed by atoms with Gasteiger partial charge in [-0.2, -0.15) is 0 Å². The summed E-state index contributed by atoms with van der Waals surface area (Å²) in [7, 11) is 0. The maximum Gasteiger partial charge on any atom is 0.329 e. The Bertz CT molecular complexity index is 806. The van der Waals surface area contributed by atoms with E-state index in [0.717, 1.165) is 12.0 Å². The molecule has 148 valence electrons. The number of hydrogen-bond donors (Lipinski definition) is 3. The van der Waals surface area contributed by atoms with Crippen molar-refractivity contribution in [2.24, 2.45) is 0 Å². The van der Waals surface area contributed by atoms with Crippen LogP contribution in [0.25, 0.3) is 0 Å². The first-order valence-electron chi connectivity index (χ1n) is 9.12. The van der Waals surface area contributed by atoms with Crippen LogP contribution in [0.1, 0.15) is 26.3 Å². The number of amides is 3. The fourth-order valence-corrected chi connectivity index (χ4v) is 2.34. The molecule has 0 aliphatic carbocycles.